The van der Waals surface area contributed by atoms with Crippen molar-refractivity contribution in [1.29, 1.82) is 5.41 Å². The van der Waals surface area contributed by atoms with Crippen LogP contribution in [0, 0.1) is 5.41 Å². The molecule has 0 radical (unpaired) electrons. The van der Waals surface area contributed by atoms with Crippen molar-refractivity contribution in [2.45, 2.75) is 38.6 Å². The normalized spacial score (nSPS) is 13.7. The van der Waals surface area contributed by atoms with E-state index in [0.29, 0.717) is 23.5 Å². The molecule has 2 heterocycles. The third kappa shape index (κ3) is 5.36. The Kier molecular flexibility index (Phi) is 7.42. The summed E-state index contributed by atoms with van der Waals surface area (Å²) in [6.07, 6.45) is 7.72. The van der Waals surface area contributed by atoms with Crippen LogP contribution >= 0.6 is 0 Å². The molecule has 0 spiro atoms. The largest absolute Gasteiger partial charge is 0.388 e. The van der Waals surface area contributed by atoms with Crippen LogP contribution in [0.1, 0.15) is 52.1 Å². The summed E-state index contributed by atoms with van der Waals surface area (Å²) in [5.74, 6) is -0.336. The van der Waals surface area contributed by atoms with Gasteiger partial charge in [-0.05, 0) is 68.0 Å². The lowest BCUT2D eigenvalue weighted by Crippen LogP contribution is -2.23. The van der Waals surface area contributed by atoms with Gasteiger partial charge in [-0.1, -0.05) is 24.3 Å². The Morgan fingerprint density at radius 1 is 1.18 bits per heavy atom. The highest BCUT2D eigenvalue weighted by Crippen LogP contribution is 2.23. The molecule has 0 aliphatic carbocycles. The Labute approximate surface area is 199 Å². The van der Waals surface area contributed by atoms with Crippen molar-refractivity contribution in [3.63, 3.8) is 0 Å². The quantitative estimate of drug-likeness (QED) is 0.281. The second-order valence-electron chi connectivity index (χ2n) is 8.52. The number of allylic oxidation sites excluding steroid dienone is 2. The number of carbonyl (C=O) groups is 2. The Bertz CT molecular complexity index is 1240. The number of nitrogens with zero attached hydrogens (tertiary/aromatic N) is 1. The monoisotopic (exact) mass is 457 g/mol. The summed E-state index contributed by atoms with van der Waals surface area (Å²) in [6, 6.07) is 15.7. The number of hydrogen-bond donors (Lipinski definition) is 4. The molecule has 4 N–H and O–H groups in total. The van der Waals surface area contributed by atoms with Gasteiger partial charge in [-0.25, -0.2) is 0 Å². The molecule has 3 aromatic rings. The highest BCUT2D eigenvalue weighted by atomic mass is 16.2. The van der Waals surface area contributed by atoms with Gasteiger partial charge in [-0.3, -0.25) is 9.59 Å². The summed E-state index contributed by atoms with van der Waals surface area (Å²) in [7, 11) is 1.92. The van der Waals surface area contributed by atoms with Crippen molar-refractivity contribution in [3.8, 4) is 0 Å². The van der Waals surface area contributed by atoms with Crippen LogP contribution in [0.3, 0.4) is 0 Å². The van der Waals surface area contributed by atoms with Crippen LogP contribution in [0.5, 0.6) is 0 Å². The first kappa shape index (κ1) is 23.3. The zero-order chi connectivity index (χ0) is 23.9. The summed E-state index contributed by atoms with van der Waals surface area (Å²) in [5, 5.41) is 17.5. The van der Waals surface area contributed by atoms with Crippen LogP contribution in [-0.4, -0.2) is 36.2 Å². The SMILES string of the molecule is CNc1cccc(CCCCC=C(C=N)NC(=O)c2ccc3cc4n(c3c2)CCCNC4=O)c1. The fourth-order valence-corrected chi connectivity index (χ4v) is 4.32. The number of hydrogen-bond acceptors (Lipinski definition) is 4. The van der Waals surface area contributed by atoms with E-state index < -0.39 is 0 Å². The fraction of sp³-hybridized carbons (Fsp3) is 0.296. The molecule has 0 unspecified atom stereocenters. The average Bonchev–Trinajstić information content (AvgIpc) is 3.13. The molecule has 0 atom stereocenters. The van der Waals surface area contributed by atoms with Crippen LogP contribution in [0.15, 0.2) is 60.3 Å². The van der Waals surface area contributed by atoms with Crippen molar-refractivity contribution >= 4 is 34.6 Å². The molecule has 2 amide bonds. The summed E-state index contributed by atoms with van der Waals surface area (Å²) in [4.78, 5) is 25.2. The molecular formula is C27H31N5O2. The van der Waals surface area contributed by atoms with Crippen molar-refractivity contribution < 1.29 is 9.59 Å². The summed E-state index contributed by atoms with van der Waals surface area (Å²) < 4.78 is 1.98. The molecule has 0 saturated carbocycles. The number of aryl methyl sites for hydroxylation is 2. The van der Waals surface area contributed by atoms with E-state index in [9.17, 15) is 9.59 Å². The minimum atomic E-state index is -0.255. The molecular weight excluding hydrogens is 426 g/mol. The van der Waals surface area contributed by atoms with Gasteiger partial charge in [-0.2, -0.15) is 0 Å². The van der Waals surface area contributed by atoms with E-state index in [2.05, 4.69) is 34.1 Å². The smallest absolute Gasteiger partial charge is 0.267 e. The maximum absolute atomic E-state index is 12.9. The average molecular weight is 458 g/mol. The van der Waals surface area contributed by atoms with Gasteiger partial charge in [0.25, 0.3) is 11.8 Å². The lowest BCUT2D eigenvalue weighted by atomic mass is 10.1. The number of carbonyl (C=O) groups excluding carboxylic acids is 2. The minimum Gasteiger partial charge on any atom is -0.388 e. The Morgan fingerprint density at radius 3 is 2.88 bits per heavy atom. The van der Waals surface area contributed by atoms with E-state index in [1.807, 2.05) is 42.0 Å². The van der Waals surface area contributed by atoms with Crippen molar-refractivity contribution in [1.82, 2.24) is 15.2 Å². The molecule has 0 fully saturated rings. The van der Waals surface area contributed by atoms with Crippen molar-refractivity contribution in [2.75, 3.05) is 18.9 Å². The predicted octanol–water partition coefficient (Wildman–Crippen LogP) is 4.49. The molecule has 1 aliphatic rings. The van der Waals surface area contributed by atoms with E-state index in [1.54, 1.807) is 6.07 Å². The first-order valence-corrected chi connectivity index (χ1v) is 11.8. The lowest BCUT2D eigenvalue weighted by Gasteiger charge is -2.08. The second-order valence-corrected chi connectivity index (χ2v) is 8.52. The van der Waals surface area contributed by atoms with E-state index in [4.69, 9.17) is 5.41 Å². The number of amides is 2. The third-order valence-electron chi connectivity index (χ3n) is 6.16. The van der Waals surface area contributed by atoms with Gasteiger partial charge >= 0.3 is 0 Å². The molecule has 1 aromatic heterocycles. The van der Waals surface area contributed by atoms with Crippen LogP contribution in [-0.2, 0) is 13.0 Å². The predicted molar refractivity (Wildman–Crippen MR) is 137 cm³/mol. The maximum atomic E-state index is 12.9. The minimum absolute atomic E-state index is 0.0801. The molecule has 4 rings (SSSR count). The van der Waals surface area contributed by atoms with E-state index in [0.717, 1.165) is 55.2 Å². The lowest BCUT2D eigenvalue weighted by molar-refractivity contribution is 0.0948. The fourth-order valence-electron chi connectivity index (χ4n) is 4.32. The number of fused-ring (bicyclic) bond motifs is 3. The van der Waals surface area contributed by atoms with Crippen LogP contribution < -0.4 is 16.0 Å². The van der Waals surface area contributed by atoms with Gasteiger partial charge in [0.1, 0.15) is 5.69 Å². The van der Waals surface area contributed by atoms with Gasteiger partial charge < -0.3 is 25.9 Å². The first-order chi connectivity index (χ1) is 16.6. The van der Waals surface area contributed by atoms with Gasteiger partial charge in [0.15, 0.2) is 0 Å². The van der Waals surface area contributed by atoms with Crippen molar-refractivity contribution in [3.05, 3.63) is 77.1 Å². The molecule has 7 nitrogen and oxygen atoms in total. The number of nitrogens with one attached hydrogen (secondary N) is 4. The van der Waals surface area contributed by atoms with Crippen LogP contribution in [0.4, 0.5) is 5.69 Å². The Balaban J connectivity index is 1.36. The van der Waals surface area contributed by atoms with Gasteiger partial charge in [0.05, 0.1) is 5.70 Å². The molecule has 7 heteroatoms. The molecule has 0 saturated heterocycles. The van der Waals surface area contributed by atoms with Crippen LogP contribution in [0.2, 0.25) is 0 Å². The van der Waals surface area contributed by atoms with Gasteiger partial charge in [0.2, 0.25) is 0 Å². The number of benzene rings is 2. The molecule has 1 aliphatic heterocycles. The maximum Gasteiger partial charge on any atom is 0.267 e. The Hall–Kier alpha value is -3.87. The van der Waals surface area contributed by atoms with Crippen LogP contribution in [0.25, 0.3) is 10.9 Å². The van der Waals surface area contributed by atoms with E-state index >= 15 is 0 Å². The second kappa shape index (κ2) is 10.8. The standard InChI is InChI=1S/C27H31N5O2/c1-29-22-10-5-8-19(15-22)7-3-2-4-9-23(18-28)31-26(33)21-12-11-20-16-25-27(34)30-13-6-14-32(25)24(20)17-21/h5,8-12,15-18,28-29H,2-4,6-7,13-14H2,1H3,(H,30,34)(H,31,33). The third-order valence-corrected chi connectivity index (χ3v) is 6.16. The highest BCUT2D eigenvalue weighted by Gasteiger charge is 2.19. The molecule has 34 heavy (non-hydrogen) atoms. The zero-order valence-corrected chi connectivity index (χ0v) is 19.5. The van der Waals surface area contributed by atoms with Crippen molar-refractivity contribution in [2.24, 2.45) is 0 Å². The highest BCUT2D eigenvalue weighted by molar-refractivity contribution is 6.03. The molecule has 2 aromatic carbocycles. The number of rotatable bonds is 9. The summed E-state index contributed by atoms with van der Waals surface area (Å²) in [5.41, 5.74) is 4.92. The van der Waals surface area contributed by atoms with Gasteiger partial charge in [-0.15, -0.1) is 0 Å². The topological polar surface area (TPSA) is 99.0 Å². The summed E-state index contributed by atoms with van der Waals surface area (Å²) in [6.45, 7) is 1.38. The van der Waals surface area contributed by atoms with E-state index in [-0.39, 0.29) is 11.8 Å². The number of aromatic nitrogens is 1. The molecule has 0 bridgehead atoms. The van der Waals surface area contributed by atoms with E-state index in [1.165, 1.54) is 11.8 Å². The molecule has 176 valence electrons. The number of anilines is 1. The zero-order valence-electron chi connectivity index (χ0n) is 19.5. The number of unbranched alkanes of at least 4 members (excludes halogenated alkanes) is 2. The first-order valence-electron chi connectivity index (χ1n) is 11.8. The Morgan fingerprint density at radius 2 is 2.06 bits per heavy atom. The van der Waals surface area contributed by atoms with Gasteiger partial charge in [0, 0.05) is 48.5 Å². The summed E-state index contributed by atoms with van der Waals surface area (Å²) >= 11 is 0.